The van der Waals surface area contributed by atoms with Crippen molar-refractivity contribution < 1.29 is 86.3 Å². The van der Waals surface area contributed by atoms with Crippen molar-refractivity contribution in [3.63, 3.8) is 0 Å². The van der Waals surface area contributed by atoms with Crippen molar-refractivity contribution in [1.82, 2.24) is 5.32 Å². The molecule has 6 unspecified atom stereocenters. The monoisotopic (exact) mass is 1050 g/mol. The van der Waals surface area contributed by atoms with E-state index in [2.05, 4.69) is 5.32 Å². The second-order valence-corrected chi connectivity index (χ2v) is 17.5. The molecule has 2 aliphatic rings. The molecule has 19 nitrogen and oxygen atoms in total. The number of amides is 1. The number of aliphatic hydroxyl groups excluding tert-OH is 2. The Morgan fingerprint density at radius 2 is 0.831 bits per heavy atom. The number of carbonyl (C=O) groups is 6. The average Bonchev–Trinajstić information content (AvgIpc) is 3.48. The fraction of sp³-hybridized carbons (Fsp3) is 0.276. The number of ether oxygens (including phenoxy) is 10. The first-order chi connectivity index (χ1) is 37.5. The van der Waals surface area contributed by atoms with Gasteiger partial charge < -0.3 is 62.9 Å². The Morgan fingerprint density at radius 1 is 0.429 bits per heavy atom. The lowest BCUT2D eigenvalue weighted by Crippen LogP contribution is -2.66. The molecule has 400 valence electrons. The van der Waals surface area contributed by atoms with E-state index >= 15 is 0 Å². The molecule has 0 aliphatic carbocycles. The zero-order chi connectivity index (χ0) is 53.9. The van der Waals surface area contributed by atoms with E-state index in [0.717, 1.165) is 5.56 Å². The lowest BCUT2D eigenvalue weighted by atomic mass is 9.96. The highest BCUT2D eigenvalue weighted by atomic mass is 16.8. The summed E-state index contributed by atoms with van der Waals surface area (Å²) < 4.78 is 60.8. The number of nitrogens with one attached hydrogen (secondary N) is 1. The molecular weight excluding hydrogens is 999 g/mol. The average molecular weight is 1050 g/mol. The van der Waals surface area contributed by atoms with Gasteiger partial charge in [-0.1, -0.05) is 121 Å². The van der Waals surface area contributed by atoms with Gasteiger partial charge in [-0.05, 0) is 72.6 Å². The van der Waals surface area contributed by atoms with Gasteiger partial charge in [-0.2, -0.15) is 0 Å². The molecule has 6 aromatic carbocycles. The van der Waals surface area contributed by atoms with Crippen LogP contribution >= 0.6 is 0 Å². The summed E-state index contributed by atoms with van der Waals surface area (Å²) in [5.74, 6) is -4.47. The molecule has 2 aliphatic heterocycles. The maximum absolute atomic E-state index is 14.3. The smallest absolute Gasteiger partial charge is 0.407 e. The van der Waals surface area contributed by atoms with Crippen molar-refractivity contribution in [3.8, 4) is 0 Å². The third kappa shape index (κ3) is 15.2. The number of esters is 5. The van der Waals surface area contributed by atoms with E-state index in [4.69, 9.17) is 47.4 Å². The Balaban J connectivity index is 1.14. The number of alkyl carbamates (subject to hydrolysis) is 1. The molecule has 2 heterocycles. The van der Waals surface area contributed by atoms with Gasteiger partial charge in [0.1, 0.15) is 50.3 Å². The molecule has 6 aromatic rings. The Kier molecular flexibility index (Phi) is 19.6. The number of aliphatic hydroxyl groups is 2. The molecule has 0 aromatic heterocycles. The van der Waals surface area contributed by atoms with E-state index in [9.17, 15) is 39.0 Å². The van der Waals surface area contributed by atoms with E-state index in [-0.39, 0.29) is 54.0 Å². The maximum Gasteiger partial charge on any atom is 0.407 e. The number of hydrogen-bond donors (Lipinski definition) is 3. The van der Waals surface area contributed by atoms with E-state index in [1.807, 2.05) is 18.2 Å². The van der Waals surface area contributed by atoms with Crippen LogP contribution in [0.1, 0.15) is 63.8 Å². The minimum Gasteiger partial charge on any atom is -0.459 e. The molecule has 0 saturated carbocycles. The molecule has 2 fully saturated rings. The van der Waals surface area contributed by atoms with Crippen LogP contribution in [0.2, 0.25) is 0 Å². The minimum absolute atomic E-state index is 0.0279. The van der Waals surface area contributed by atoms with Crippen molar-refractivity contribution in [2.45, 2.75) is 74.4 Å². The van der Waals surface area contributed by atoms with Crippen LogP contribution < -0.4 is 5.32 Å². The van der Waals surface area contributed by atoms with Gasteiger partial charge >= 0.3 is 35.9 Å². The zero-order valence-corrected chi connectivity index (χ0v) is 41.3. The third-order valence-corrected chi connectivity index (χ3v) is 12.1. The summed E-state index contributed by atoms with van der Waals surface area (Å²) in [5, 5.41) is 26.1. The normalized spacial score (nSPS) is 22.8. The fourth-order valence-corrected chi connectivity index (χ4v) is 8.17. The van der Waals surface area contributed by atoms with Crippen molar-refractivity contribution in [1.29, 1.82) is 0 Å². The summed E-state index contributed by atoms with van der Waals surface area (Å²) in [4.78, 5) is 81.7. The van der Waals surface area contributed by atoms with Gasteiger partial charge in [0.15, 0.2) is 30.9 Å². The molecule has 10 atom stereocenters. The van der Waals surface area contributed by atoms with Gasteiger partial charge in [0.05, 0.1) is 34.4 Å². The first kappa shape index (κ1) is 54.9. The third-order valence-electron chi connectivity index (χ3n) is 12.1. The summed E-state index contributed by atoms with van der Waals surface area (Å²) in [7, 11) is 0. The van der Waals surface area contributed by atoms with Crippen LogP contribution in [0, 0.1) is 0 Å². The SMILES string of the molecule is O=C(NCCCO[C@@H]1OC(COC(=O)c2ccccc2)[C@@H](O[C@@H]2OC(COC(=O)c3ccccc3)[C@H](O)C(O)C2OC(=O)c2ccccc2)C(OC(=O)c2ccccc2)C1OC(=O)c1ccccc1)OCc1ccccc1. The summed E-state index contributed by atoms with van der Waals surface area (Å²) in [5.41, 5.74) is 1.26. The highest BCUT2D eigenvalue weighted by Gasteiger charge is 2.56. The van der Waals surface area contributed by atoms with Crippen LogP contribution in [0.3, 0.4) is 0 Å². The second kappa shape index (κ2) is 27.5. The van der Waals surface area contributed by atoms with Crippen LogP contribution in [0.25, 0.3) is 0 Å². The van der Waals surface area contributed by atoms with Gasteiger partial charge in [0.2, 0.25) is 0 Å². The summed E-state index contributed by atoms with van der Waals surface area (Å²) in [6.45, 7) is -1.44. The lowest BCUT2D eigenvalue weighted by Gasteiger charge is -2.48. The van der Waals surface area contributed by atoms with Gasteiger partial charge in [-0.3, -0.25) is 0 Å². The quantitative estimate of drug-likeness (QED) is 0.0408. The zero-order valence-electron chi connectivity index (χ0n) is 41.3. The van der Waals surface area contributed by atoms with E-state index in [1.165, 1.54) is 60.7 Å². The topological polar surface area (TPSA) is 247 Å². The first-order valence-electron chi connectivity index (χ1n) is 24.6. The highest BCUT2D eigenvalue weighted by Crippen LogP contribution is 2.35. The largest absolute Gasteiger partial charge is 0.459 e. The molecule has 77 heavy (non-hydrogen) atoms. The van der Waals surface area contributed by atoms with Gasteiger partial charge in [0.25, 0.3) is 0 Å². The summed E-state index contributed by atoms with van der Waals surface area (Å²) >= 11 is 0. The second-order valence-electron chi connectivity index (χ2n) is 17.5. The molecule has 3 N–H and O–H groups in total. The Bertz CT molecular complexity index is 2850. The van der Waals surface area contributed by atoms with Crippen LogP contribution in [-0.2, 0) is 54.0 Å². The number of benzene rings is 6. The van der Waals surface area contributed by atoms with Gasteiger partial charge in [0, 0.05) is 6.54 Å². The molecule has 0 bridgehead atoms. The number of hydrogen-bond acceptors (Lipinski definition) is 18. The fourth-order valence-electron chi connectivity index (χ4n) is 8.17. The van der Waals surface area contributed by atoms with Crippen LogP contribution in [0.15, 0.2) is 182 Å². The van der Waals surface area contributed by atoms with Gasteiger partial charge in [-0.15, -0.1) is 0 Å². The molecular formula is C58H55NO18. The molecule has 19 heteroatoms. The summed E-state index contributed by atoms with van der Waals surface area (Å²) in [6, 6.07) is 48.3. The highest BCUT2D eigenvalue weighted by molar-refractivity contribution is 5.91. The Morgan fingerprint density at radius 3 is 1.31 bits per heavy atom. The molecule has 0 radical (unpaired) electrons. The predicted octanol–water partition coefficient (Wildman–Crippen LogP) is 6.27. The van der Waals surface area contributed by atoms with Crippen molar-refractivity contribution in [3.05, 3.63) is 215 Å². The molecule has 0 spiro atoms. The first-order valence-corrected chi connectivity index (χ1v) is 24.6. The molecule has 8 rings (SSSR count). The standard InChI is InChI=1S/C58H55NO18/c60-45-43(35-69-51(62)38-22-9-2-10-23-38)72-57(48(46(45)61)74-53(64)40-26-13-4-14-27-40)77-47-44(36-70-52(63)39-24-11-3-12-25-39)73-56(68-33-19-32-59-58(67)71-34-37-20-7-1-8-21-37)50(76-55(66)42-30-17-6-18-31-42)49(47)75-54(65)41-28-15-5-16-29-41/h1-18,20-31,43-50,56-57,60-61H,19,32-36H2,(H,59,67)/t43?,44?,45-,46?,47+,48?,49?,50?,56+,57-/m0/s1. The Labute approximate surface area is 442 Å². The van der Waals surface area contributed by atoms with Crippen LogP contribution in [0.5, 0.6) is 0 Å². The van der Waals surface area contributed by atoms with E-state index in [1.54, 1.807) is 103 Å². The maximum atomic E-state index is 14.3. The summed E-state index contributed by atoms with van der Waals surface area (Å²) in [6.07, 6.45) is -18.3. The van der Waals surface area contributed by atoms with Crippen LogP contribution in [-0.4, -0.2) is 134 Å². The predicted molar refractivity (Wildman–Crippen MR) is 270 cm³/mol. The Hall–Kier alpha value is -8.30. The van der Waals surface area contributed by atoms with Gasteiger partial charge in [-0.25, -0.2) is 28.8 Å². The van der Waals surface area contributed by atoms with Crippen molar-refractivity contribution in [2.24, 2.45) is 0 Å². The van der Waals surface area contributed by atoms with Crippen LogP contribution in [0.4, 0.5) is 4.79 Å². The number of rotatable bonds is 21. The van der Waals surface area contributed by atoms with E-state index < -0.39 is 111 Å². The molecule has 1 amide bonds. The minimum atomic E-state index is -2.00. The van der Waals surface area contributed by atoms with Crippen molar-refractivity contribution >= 4 is 35.9 Å². The molecule has 2 saturated heterocycles. The lowest BCUT2D eigenvalue weighted by molar-refractivity contribution is -0.357. The van der Waals surface area contributed by atoms with Crippen molar-refractivity contribution in [2.75, 3.05) is 26.4 Å². The number of carbonyl (C=O) groups excluding carboxylic acids is 6. The van der Waals surface area contributed by atoms with E-state index in [0.29, 0.717) is 0 Å².